The normalized spacial score (nSPS) is 20.1. The first-order valence-corrected chi connectivity index (χ1v) is 10.8. The number of Topliss-reactive ketones (excluding diaryl/α,β-unsaturated/α-hetero) is 2. The van der Waals surface area contributed by atoms with Crippen molar-refractivity contribution in [2.75, 3.05) is 26.4 Å². The van der Waals surface area contributed by atoms with Gasteiger partial charge in [0.25, 0.3) is 0 Å². The number of amides is 1. The lowest BCUT2D eigenvalue weighted by molar-refractivity contribution is -0.123. The minimum Gasteiger partial charge on any atom is -0.443 e. The maximum Gasteiger partial charge on any atom is 0.419 e. The van der Waals surface area contributed by atoms with Crippen LogP contribution in [0.15, 0.2) is 40.7 Å². The van der Waals surface area contributed by atoms with Gasteiger partial charge in [-0.15, -0.1) is 0 Å². The minimum absolute atomic E-state index is 0.0000729. The van der Waals surface area contributed by atoms with E-state index in [-0.39, 0.29) is 38.0 Å². The van der Waals surface area contributed by atoms with Crippen LogP contribution in [0.25, 0.3) is 0 Å². The lowest BCUT2D eigenvalue weighted by atomic mass is 9.75. The monoisotopic (exact) mass is 541 g/mol. The van der Waals surface area contributed by atoms with Gasteiger partial charge in [-0.3, -0.25) is 9.59 Å². The number of hydrogen-bond donors (Lipinski definition) is 0. The van der Waals surface area contributed by atoms with Gasteiger partial charge in [-0.1, -0.05) is 6.07 Å². The first-order chi connectivity index (χ1) is 14.6. The van der Waals surface area contributed by atoms with Crippen LogP contribution in [0.2, 0.25) is 0 Å². The molecule has 0 unspecified atom stereocenters. The highest BCUT2D eigenvalue weighted by molar-refractivity contribution is 14.1. The van der Waals surface area contributed by atoms with Gasteiger partial charge in [-0.2, -0.15) is 0 Å². The molecule has 0 aromatic heterocycles. The van der Waals surface area contributed by atoms with Crippen molar-refractivity contribution in [3.8, 4) is 0 Å². The third-order valence-corrected chi connectivity index (χ3v) is 5.96. The zero-order valence-electron chi connectivity index (χ0n) is 17.3. The topological polar surface area (TPSA) is 82.1 Å². The zero-order valence-corrected chi connectivity index (χ0v) is 19.4. The summed E-state index contributed by atoms with van der Waals surface area (Å²) in [5.41, 5.74) is 1.06. The highest BCUT2D eigenvalue weighted by Gasteiger charge is 2.47. The van der Waals surface area contributed by atoms with E-state index in [2.05, 4.69) is 0 Å². The van der Waals surface area contributed by atoms with Gasteiger partial charge < -0.3 is 14.2 Å². The molecule has 0 fully saturated rings. The van der Waals surface area contributed by atoms with Crippen LogP contribution in [-0.4, -0.2) is 54.6 Å². The molecular formula is C22H21FINO6. The molecule has 0 atom stereocenters. The average molecular weight is 541 g/mol. The van der Waals surface area contributed by atoms with Crippen LogP contribution in [0, 0.1) is 9.39 Å². The number of nitrogens with zero attached hydrogens (tertiary/aromatic N) is 1. The molecule has 0 bridgehead atoms. The molecular weight excluding hydrogens is 520 g/mol. The highest BCUT2D eigenvalue weighted by atomic mass is 127. The fourth-order valence-corrected chi connectivity index (χ4v) is 4.54. The molecule has 0 saturated carbocycles. The number of benzene rings is 1. The predicted molar refractivity (Wildman–Crippen MR) is 116 cm³/mol. The molecule has 0 N–H and O–H groups in total. The Morgan fingerprint density at radius 1 is 1.06 bits per heavy atom. The van der Waals surface area contributed by atoms with Crippen LogP contribution in [0.5, 0.6) is 0 Å². The van der Waals surface area contributed by atoms with Crippen molar-refractivity contribution in [1.82, 2.24) is 4.90 Å². The molecule has 4 rings (SSSR count). The largest absolute Gasteiger partial charge is 0.443 e. The quantitative estimate of drug-likeness (QED) is 0.507. The molecule has 0 aliphatic carbocycles. The van der Waals surface area contributed by atoms with Crippen molar-refractivity contribution >= 4 is 40.3 Å². The predicted octanol–water partition coefficient (Wildman–Crippen LogP) is 3.47. The molecule has 0 spiro atoms. The number of carbonyl (C=O) groups is 3. The first kappa shape index (κ1) is 22.1. The Morgan fingerprint density at radius 2 is 1.61 bits per heavy atom. The van der Waals surface area contributed by atoms with E-state index in [1.54, 1.807) is 32.9 Å². The zero-order chi connectivity index (χ0) is 22.5. The second-order valence-corrected chi connectivity index (χ2v) is 9.64. The summed E-state index contributed by atoms with van der Waals surface area (Å²) in [5.74, 6) is -1.78. The van der Waals surface area contributed by atoms with Crippen LogP contribution in [0.4, 0.5) is 9.18 Å². The summed E-state index contributed by atoms with van der Waals surface area (Å²) in [7, 11) is 0. The summed E-state index contributed by atoms with van der Waals surface area (Å²) in [5, 5.41) is 0. The van der Waals surface area contributed by atoms with Gasteiger partial charge >= 0.3 is 6.09 Å². The maximum absolute atomic E-state index is 13.9. The summed E-state index contributed by atoms with van der Waals surface area (Å²) in [6.45, 7) is 4.86. The van der Waals surface area contributed by atoms with E-state index in [9.17, 15) is 18.8 Å². The van der Waals surface area contributed by atoms with Crippen molar-refractivity contribution in [3.05, 3.63) is 55.7 Å². The molecule has 1 aromatic rings. The van der Waals surface area contributed by atoms with Crippen molar-refractivity contribution in [1.29, 1.82) is 0 Å². The molecule has 3 heterocycles. The lowest BCUT2D eigenvalue weighted by Gasteiger charge is -2.42. The first-order valence-electron chi connectivity index (χ1n) is 9.74. The minimum atomic E-state index is -0.790. The maximum atomic E-state index is 13.9. The molecule has 0 radical (unpaired) electrons. The summed E-state index contributed by atoms with van der Waals surface area (Å²) in [4.78, 5) is 40.4. The van der Waals surface area contributed by atoms with Crippen LogP contribution in [0.1, 0.15) is 32.3 Å². The third-order valence-electron chi connectivity index (χ3n) is 5.14. The van der Waals surface area contributed by atoms with Crippen LogP contribution >= 0.6 is 22.6 Å². The highest BCUT2D eigenvalue weighted by Crippen LogP contribution is 2.45. The van der Waals surface area contributed by atoms with Gasteiger partial charge in [0, 0.05) is 20.6 Å². The Morgan fingerprint density at radius 3 is 2.10 bits per heavy atom. The number of ketones is 2. The van der Waals surface area contributed by atoms with Gasteiger partial charge in [0.15, 0.2) is 11.6 Å². The van der Waals surface area contributed by atoms with Gasteiger partial charge in [-0.25, -0.2) is 14.1 Å². The van der Waals surface area contributed by atoms with E-state index in [0.29, 0.717) is 31.7 Å². The van der Waals surface area contributed by atoms with Gasteiger partial charge in [0.2, 0.25) is 0 Å². The lowest BCUT2D eigenvalue weighted by Crippen LogP contribution is -2.47. The van der Waals surface area contributed by atoms with Gasteiger partial charge in [0.1, 0.15) is 24.6 Å². The number of hydrogen-bond acceptors (Lipinski definition) is 6. The van der Waals surface area contributed by atoms with Crippen molar-refractivity contribution in [2.45, 2.75) is 32.3 Å². The molecule has 31 heavy (non-hydrogen) atoms. The van der Waals surface area contributed by atoms with E-state index >= 15 is 0 Å². The Hall–Kier alpha value is -2.11. The summed E-state index contributed by atoms with van der Waals surface area (Å²) in [6.07, 6.45) is -0.712. The third kappa shape index (κ3) is 4.06. The van der Waals surface area contributed by atoms with Crippen LogP contribution < -0.4 is 0 Å². The van der Waals surface area contributed by atoms with E-state index in [4.69, 9.17) is 14.2 Å². The smallest absolute Gasteiger partial charge is 0.419 e. The Kier molecular flexibility index (Phi) is 5.78. The molecule has 164 valence electrons. The number of ether oxygens (including phenoxy) is 3. The number of halogens is 2. The molecule has 0 saturated heterocycles. The standard InChI is InChI=1S/C22H21FINO6/c1-22(2,3)31-21(28)25-14-7-29-9-16(26)19(14)18(11-4-5-12(23)13(24)6-11)20-15(25)8-30-10-17(20)27/h4-6,18H,7-10H2,1-3H3. The summed E-state index contributed by atoms with van der Waals surface area (Å²) < 4.78 is 30.7. The molecule has 1 amide bonds. The molecule has 3 aliphatic rings. The average Bonchev–Trinajstić information content (AvgIpc) is 2.67. The van der Waals surface area contributed by atoms with Crippen molar-refractivity contribution < 1.29 is 33.0 Å². The molecule has 1 aromatic carbocycles. The van der Waals surface area contributed by atoms with E-state index in [0.717, 1.165) is 0 Å². The number of rotatable bonds is 1. The van der Waals surface area contributed by atoms with E-state index in [1.807, 2.05) is 22.6 Å². The fourth-order valence-electron chi connectivity index (χ4n) is 4.00. The van der Waals surface area contributed by atoms with E-state index in [1.165, 1.54) is 11.0 Å². The van der Waals surface area contributed by atoms with Crippen LogP contribution in [-0.2, 0) is 23.8 Å². The SMILES string of the molecule is CC(C)(C)OC(=O)N1C2=C(C(=O)COC2)C(c2ccc(F)c(I)c2)C2=C1COCC2=O. The fraction of sp³-hybridized carbons (Fsp3) is 0.409. The summed E-state index contributed by atoms with van der Waals surface area (Å²) >= 11 is 1.87. The van der Waals surface area contributed by atoms with Crippen LogP contribution in [0.3, 0.4) is 0 Å². The second kappa shape index (κ2) is 8.10. The molecule has 9 heteroatoms. The van der Waals surface area contributed by atoms with E-state index < -0.39 is 23.4 Å². The Labute approximate surface area is 192 Å². The molecule has 3 aliphatic heterocycles. The Balaban J connectivity index is 1.95. The Bertz CT molecular complexity index is 1010. The van der Waals surface area contributed by atoms with Gasteiger partial charge in [-0.05, 0) is 61.1 Å². The summed E-state index contributed by atoms with van der Waals surface area (Å²) in [6, 6.07) is 4.49. The van der Waals surface area contributed by atoms with Gasteiger partial charge in [0.05, 0.1) is 24.6 Å². The molecule has 7 nitrogen and oxygen atoms in total. The van der Waals surface area contributed by atoms with Crippen molar-refractivity contribution in [3.63, 3.8) is 0 Å². The number of carbonyl (C=O) groups excluding carboxylic acids is 3. The van der Waals surface area contributed by atoms with Crippen molar-refractivity contribution in [2.24, 2.45) is 0 Å². The second-order valence-electron chi connectivity index (χ2n) is 8.48.